The Kier molecular flexibility index (Phi) is 5.85. The van der Waals surface area contributed by atoms with Gasteiger partial charge in [0.05, 0.1) is 39.6 Å². The molecule has 1 amide bonds. The van der Waals surface area contributed by atoms with E-state index >= 15 is 0 Å². The minimum absolute atomic E-state index is 0.118. The summed E-state index contributed by atoms with van der Waals surface area (Å²) in [5.74, 6) is 0.282. The third kappa shape index (κ3) is 4.23. The minimum atomic E-state index is -0.225. The summed E-state index contributed by atoms with van der Waals surface area (Å²) in [6.45, 7) is 0.187. The monoisotopic (exact) mass is 458 g/mol. The molecule has 0 aliphatic heterocycles. The van der Waals surface area contributed by atoms with Crippen LogP contribution in [0.5, 0.6) is 0 Å². The largest absolute Gasteiger partial charge is 0.338 e. The van der Waals surface area contributed by atoms with Crippen LogP contribution in [-0.4, -0.2) is 32.8 Å². The molecule has 0 bridgehead atoms. The lowest BCUT2D eigenvalue weighted by atomic mass is 10.2. The van der Waals surface area contributed by atoms with Crippen LogP contribution in [0.4, 0.5) is 0 Å². The van der Waals surface area contributed by atoms with Gasteiger partial charge in [0.15, 0.2) is 0 Å². The van der Waals surface area contributed by atoms with E-state index in [9.17, 15) is 9.59 Å². The van der Waals surface area contributed by atoms with Gasteiger partial charge in [-0.1, -0.05) is 41.4 Å². The first kappa shape index (κ1) is 20.5. The van der Waals surface area contributed by atoms with E-state index in [4.69, 9.17) is 23.2 Å². The van der Waals surface area contributed by atoms with Gasteiger partial charge in [0.1, 0.15) is 10.8 Å². The number of H-pyrrole nitrogens is 1. The lowest BCUT2D eigenvalue weighted by Crippen LogP contribution is -2.29. The minimum Gasteiger partial charge on any atom is -0.338 e. The molecule has 0 unspecified atom stereocenters. The summed E-state index contributed by atoms with van der Waals surface area (Å²) in [7, 11) is 1.66. The van der Waals surface area contributed by atoms with Gasteiger partial charge in [-0.3, -0.25) is 9.59 Å². The predicted octanol–water partition coefficient (Wildman–Crippen LogP) is 4.55. The number of halogens is 2. The molecule has 9 heteroatoms. The molecule has 2 heterocycles. The van der Waals surface area contributed by atoms with Crippen molar-refractivity contribution in [3.63, 3.8) is 0 Å². The summed E-state index contributed by atoms with van der Waals surface area (Å²) in [5, 5.41) is 4.02. The molecule has 0 aliphatic rings. The van der Waals surface area contributed by atoms with Crippen LogP contribution in [0.3, 0.4) is 0 Å². The standard InChI is InChI=1S/C21H16Cl2N4O2S/c1-27(10-17-25-16-8-3-2-5-13(16)20(29)26-17)18(28)9-12-11-30-21(24-12)19-14(22)6-4-7-15(19)23/h2-8,11H,9-10H2,1H3,(H,25,26,29). The first-order valence-corrected chi connectivity index (χ1v) is 10.7. The predicted molar refractivity (Wildman–Crippen MR) is 120 cm³/mol. The Balaban J connectivity index is 1.48. The van der Waals surface area contributed by atoms with Crippen molar-refractivity contribution in [1.82, 2.24) is 19.9 Å². The molecule has 0 fully saturated rings. The third-order valence-corrected chi connectivity index (χ3v) is 6.07. The van der Waals surface area contributed by atoms with Crippen LogP contribution < -0.4 is 5.56 Å². The molecule has 0 radical (unpaired) electrons. The molecule has 0 saturated carbocycles. The van der Waals surface area contributed by atoms with Gasteiger partial charge in [-0.05, 0) is 24.3 Å². The number of carbonyl (C=O) groups excluding carboxylic acids is 1. The molecular weight excluding hydrogens is 443 g/mol. The number of aromatic amines is 1. The molecule has 152 valence electrons. The number of thiazole rings is 1. The van der Waals surface area contributed by atoms with Crippen molar-refractivity contribution < 1.29 is 4.79 Å². The van der Waals surface area contributed by atoms with Crippen molar-refractivity contribution in [2.24, 2.45) is 0 Å². The van der Waals surface area contributed by atoms with Crippen molar-refractivity contribution in [2.45, 2.75) is 13.0 Å². The highest BCUT2D eigenvalue weighted by molar-refractivity contribution is 7.13. The average Bonchev–Trinajstić information content (AvgIpc) is 3.15. The highest BCUT2D eigenvalue weighted by Gasteiger charge is 2.17. The number of hydrogen-bond acceptors (Lipinski definition) is 5. The number of benzene rings is 2. The Labute approximate surface area is 186 Å². The zero-order valence-corrected chi connectivity index (χ0v) is 18.2. The Morgan fingerprint density at radius 1 is 1.10 bits per heavy atom. The smallest absolute Gasteiger partial charge is 0.258 e. The summed E-state index contributed by atoms with van der Waals surface area (Å²) < 4.78 is 0. The fraction of sp³-hybridized carbons (Fsp3) is 0.143. The quantitative estimate of drug-likeness (QED) is 0.475. The van der Waals surface area contributed by atoms with Crippen molar-refractivity contribution in [2.75, 3.05) is 7.05 Å². The highest BCUT2D eigenvalue weighted by Crippen LogP contribution is 2.36. The van der Waals surface area contributed by atoms with Gasteiger partial charge in [-0.25, -0.2) is 9.97 Å². The molecule has 4 rings (SSSR count). The normalized spacial score (nSPS) is 11.0. The number of nitrogens with one attached hydrogen (secondary N) is 1. The van der Waals surface area contributed by atoms with E-state index in [2.05, 4.69) is 15.0 Å². The molecule has 0 atom stereocenters. The van der Waals surface area contributed by atoms with Gasteiger partial charge < -0.3 is 9.88 Å². The molecule has 2 aromatic heterocycles. The summed E-state index contributed by atoms with van der Waals surface area (Å²) in [5.41, 5.74) is 1.66. The van der Waals surface area contributed by atoms with Crippen LogP contribution in [0.1, 0.15) is 11.5 Å². The lowest BCUT2D eigenvalue weighted by Gasteiger charge is -2.16. The number of fused-ring (bicyclic) bond motifs is 1. The van der Waals surface area contributed by atoms with Crippen LogP contribution in [0.15, 0.2) is 52.6 Å². The van der Waals surface area contributed by atoms with E-state index in [0.29, 0.717) is 43.0 Å². The van der Waals surface area contributed by atoms with Gasteiger partial charge in [-0.15, -0.1) is 11.3 Å². The summed E-state index contributed by atoms with van der Waals surface area (Å²) in [6, 6.07) is 12.4. The maximum Gasteiger partial charge on any atom is 0.258 e. The van der Waals surface area contributed by atoms with Crippen LogP contribution >= 0.6 is 34.5 Å². The van der Waals surface area contributed by atoms with E-state index < -0.39 is 0 Å². The van der Waals surface area contributed by atoms with Crippen LogP contribution in [-0.2, 0) is 17.8 Å². The second kappa shape index (κ2) is 8.55. The molecule has 2 aromatic carbocycles. The van der Waals surface area contributed by atoms with E-state index in [1.54, 1.807) is 43.4 Å². The Morgan fingerprint density at radius 2 is 1.83 bits per heavy atom. The molecule has 1 N–H and O–H groups in total. The molecule has 0 aliphatic carbocycles. The van der Waals surface area contributed by atoms with Crippen LogP contribution in [0.25, 0.3) is 21.5 Å². The number of nitrogens with zero attached hydrogens (tertiary/aromatic N) is 3. The zero-order chi connectivity index (χ0) is 21.3. The van der Waals surface area contributed by atoms with Crippen molar-refractivity contribution in [3.8, 4) is 10.6 Å². The highest BCUT2D eigenvalue weighted by atomic mass is 35.5. The first-order chi connectivity index (χ1) is 14.4. The van der Waals surface area contributed by atoms with Gasteiger partial charge in [0, 0.05) is 18.0 Å². The molecule has 30 heavy (non-hydrogen) atoms. The molecule has 4 aromatic rings. The average molecular weight is 459 g/mol. The number of para-hydroxylation sites is 1. The second-order valence-electron chi connectivity index (χ2n) is 6.70. The van der Waals surface area contributed by atoms with E-state index in [1.165, 1.54) is 16.2 Å². The maximum atomic E-state index is 12.7. The number of hydrogen-bond donors (Lipinski definition) is 1. The van der Waals surface area contributed by atoms with Crippen LogP contribution in [0.2, 0.25) is 10.0 Å². The number of amides is 1. The van der Waals surface area contributed by atoms with Crippen molar-refractivity contribution in [1.29, 1.82) is 0 Å². The van der Waals surface area contributed by atoms with Crippen molar-refractivity contribution in [3.05, 3.63) is 79.8 Å². The lowest BCUT2D eigenvalue weighted by molar-refractivity contribution is -0.129. The van der Waals surface area contributed by atoms with E-state index in [0.717, 1.165) is 0 Å². The van der Waals surface area contributed by atoms with Gasteiger partial charge >= 0.3 is 0 Å². The number of carbonyl (C=O) groups is 1. The Morgan fingerprint density at radius 3 is 2.60 bits per heavy atom. The third-order valence-electron chi connectivity index (χ3n) is 4.54. The fourth-order valence-corrected chi connectivity index (χ4v) is 4.60. The van der Waals surface area contributed by atoms with E-state index in [-0.39, 0.29) is 24.4 Å². The zero-order valence-electron chi connectivity index (χ0n) is 15.9. The summed E-state index contributed by atoms with van der Waals surface area (Å²) in [6.07, 6.45) is 0.118. The van der Waals surface area contributed by atoms with Gasteiger partial charge in [0.2, 0.25) is 5.91 Å². The van der Waals surface area contributed by atoms with Crippen molar-refractivity contribution >= 4 is 51.3 Å². The van der Waals surface area contributed by atoms with E-state index in [1.807, 2.05) is 11.4 Å². The number of rotatable bonds is 5. The molecular formula is C21H16Cl2N4O2S. The topological polar surface area (TPSA) is 79.0 Å². The maximum absolute atomic E-state index is 12.7. The molecule has 6 nitrogen and oxygen atoms in total. The Bertz CT molecular complexity index is 1280. The first-order valence-electron chi connectivity index (χ1n) is 9.03. The van der Waals surface area contributed by atoms with Crippen LogP contribution in [0, 0.1) is 0 Å². The molecule has 0 spiro atoms. The second-order valence-corrected chi connectivity index (χ2v) is 8.37. The molecule has 0 saturated heterocycles. The SMILES string of the molecule is CN(Cc1nc2ccccc2c(=O)[nH]1)C(=O)Cc1csc(-c2c(Cl)cccc2Cl)n1. The summed E-state index contributed by atoms with van der Waals surface area (Å²) >= 11 is 13.9. The summed E-state index contributed by atoms with van der Waals surface area (Å²) in [4.78, 5) is 38.1. The fourth-order valence-electron chi connectivity index (χ4n) is 3.02. The van der Waals surface area contributed by atoms with Gasteiger partial charge in [0.25, 0.3) is 5.56 Å². The number of aromatic nitrogens is 3. The van der Waals surface area contributed by atoms with Gasteiger partial charge in [-0.2, -0.15) is 0 Å². The number of likely N-dealkylation sites (N-methyl/N-ethyl adjacent to an activating group) is 1. The Hall–Kier alpha value is -2.74.